The number of aliphatic imine (C=N–C) groups is 1. The second kappa shape index (κ2) is 10.1. The predicted octanol–water partition coefficient (Wildman–Crippen LogP) is 7.87. The van der Waals surface area contributed by atoms with Crippen LogP contribution in [0.3, 0.4) is 0 Å². The summed E-state index contributed by atoms with van der Waals surface area (Å²) in [6.45, 7) is 22.1. The zero-order chi connectivity index (χ0) is 24.3. The largest absolute Gasteiger partial charge is 0.507 e. The van der Waals surface area contributed by atoms with E-state index < -0.39 is 0 Å². The number of aryl methyl sites for hydroxylation is 1. The standard InChI is InChI=1S/C29H44NOP/c1-11-21(4)28(8,9)23-17-20(3)18-24(26(23)31)29(10,12-2)32-25-16-14-13-15-22(25)19-30-27(5,6)7/h13-19,21,31-32H,11-12H2,1-10H3. The highest BCUT2D eigenvalue weighted by Gasteiger charge is 2.35. The van der Waals surface area contributed by atoms with Gasteiger partial charge in [-0.25, -0.2) is 0 Å². The molecule has 3 heteroatoms. The first-order valence-corrected chi connectivity index (χ1v) is 13.0. The number of aromatic hydroxyl groups is 1. The summed E-state index contributed by atoms with van der Waals surface area (Å²) in [5.74, 6) is 0.964. The van der Waals surface area contributed by atoms with Crippen molar-refractivity contribution in [3.8, 4) is 5.75 Å². The molecule has 0 fully saturated rings. The molecule has 0 saturated carbocycles. The molecule has 0 saturated heterocycles. The van der Waals surface area contributed by atoms with Crippen molar-refractivity contribution in [2.75, 3.05) is 0 Å². The quantitative estimate of drug-likeness (QED) is 0.320. The minimum atomic E-state index is -0.151. The Morgan fingerprint density at radius 3 is 2.16 bits per heavy atom. The highest BCUT2D eigenvalue weighted by Crippen LogP contribution is 2.51. The van der Waals surface area contributed by atoms with Crippen molar-refractivity contribution in [2.24, 2.45) is 10.9 Å². The smallest absolute Gasteiger partial charge is 0.123 e. The maximum atomic E-state index is 11.6. The number of nitrogens with zero attached hydrogens (tertiary/aromatic N) is 1. The van der Waals surface area contributed by atoms with E-state index in [0.717, 1.165) is 24.0 Å². The van der Waals surface area contributed by atoms with Crippen LogP contribution >= 0.6 is 8.58 Å². The summed E-state index contributed by atoms with van der Waals surface area (Å²) in [6.07, 6.45) is 4.06. The second-order valence-electron chi connectivity index (χ2n) is 11.1. The molecule has 1 N–H and O–H groups in total. The monoisotopic (exact) mass is 453 g/mol. The summed E-state index contributed by atoms with van der Waals surface area (Å²) >= 11 is 0. The summed E-state index contributed by atoms with van der Waals surface area (Å²) in [5, 5.41) is 12.7. The fraction of sp³-hybridized carbons (Fsp3) is 0.552. The van der Waals surface area contributed by atoms with Gasteiger partial charge in [-0.1, -0.05) is 98.5 Å². The Morgan fingerprint density at radius 2 is 1.59 bits per heavy atom. The van der Waals surface area contributed by atoms with Crippen LogP contribution in [0.2, 0.25) is 0 Å². The van der Waals surface area contributed by atoms with E-state index in [-0.39, 0.29) is 16.1 Å². The Hall–Kier alpha value is -1.66. The fourth-order valence-corrected chi connectivity index (χ4v) is 5.66. The molecule has 0 aromatic heterocycles. The average Bonchev–Trinajstić information content (AvgIpc) is 2.72. The Kier molecular flexibility index (Phi) is 8.38. The van der Waals surface area contributed by atoms with Crippen molar-refractivity contribution in [3.05, 3.63) is 58.7 Å². The lowest BCUT2D eigenvalue weighted by Gasteiger charge is -2.36. The number of phenols is 1. The topological polar surface area (TPSA) is 32.6 Å². The highest BCUT2D eigenvalue weighted by molar-refractivity contribution is 7.48. The molecule has 2 aromatic rings. The van der Waals surface area contributed by atoms with Crippen LogP contribution in [0.15, 0.2) is 41.4 Å². The van der Waals surface area contributed by atoms with Crippen LogP contribution in [-0.2, 0) is 10.6 Å². The van der Waals surface area contributed by atoms with Gasteiger partial charge in [0.1, 0.15) is 5.75 Å². The predicted molar refractivity (Wildman–Crippen MR) is 145 cm³/mol. The second-order valence-corrected chi connectivity index (χ2v) is 13.0. The van der Waals surface area contributed by atoms with E-state index in [1.165, 1.54) is 16.4 Å². The highest BCUT2D eigenvalue weighted by atomic mass is 31.1. The van der Waals surface area contributed by atoms with Crippen LogP contribution in [-0.4, -0.2) is 16.9 Å². The lowest BCUT2D eigenvalue weighted by molar-refractivity contribution is 0.319. The third kappa shape index (κ3) is 6.02. The molecule has 3 atom stereocenters. The Morgan fingerprint density at radius 1 is 1.00 bits per heavy atom. The number of rotatable bonds is 8. The summed E-state index contributed by atoms with van der Waals surface area (Å²) in [5.41, 5.74) is 4.36. The van der Waals surface area contributed by atoms with E-state index in [9.17, 15) is 5.11 Å². The molecule has 176 valence electrons. The van der Waals surface area contributed by atoms with E-state index in [1.54, 1.807) is 0 Å². The van der Waals surface area contributed by atoms with E-state index in [1.807, 2.05) is 6.21 Å². The molecular weight excluding hydrogens is 409 g/mol. The minimum absolute atomic E-state index is 0.0887. The molecule has 0 heterocycles. The molecule has 3 unspecified atom stereocenters. The van der Waals surface area contributed by atoms with Gasteiger partial charge in [0.25, 0.3) is 0 Å². The Balaban J connectivity index is 2.59. The molecule has 0 aliphatic carbocycles. The minimum Gasteiger partial charge on any atom is -0.507 e. The summed E-state index contributed by atoms with van der Waals surface area (Å²) in [4.78, 5) is 4.75. The normalized spacial score (nSPS) is 16.1. The van der Waals surface area contributed by atoms with Crippen LogP contribution < -0.4 is 5.30 Å². The van der Waals surface area contributed by atoms with Gasteiger partial charge in [0.15, 0.2) is 0 Å². The Bertz CT molecular complexity index is 954. The van der Waals surface area contributed by atoms with Gasteiger partial charge in [0.2, 0.25) is 0 Å². The SMILES string of the molecule is CCC(C)C(C)(C)c1cc(C)cc(C(C)(CC)Pc2ccccc2C=NC(C)(C)C)c1O. The molecule has 0 aliphatic rings. The van der Waals surface area contributed by atoms with Gasteiger partial charge in [0.05, 0.1) is 5.54 Å². The van der Waals surface area contributed by atoms with Crippen molar-refractivity contribution < 1.29 is 5.11 Å². The van der Waals surface area contributed by atoms with Gasteiger partial charge in [-0.05, 0) is 56.3 Å². The van der Waals surface area contributed by atoms with Gasteiger partial charge in [-0.3, -0.25) is 4.99 Å². The van der Waals surface area contributed by atoms with Crippen molar-refractivity contribution in [1.29, 1.82) is 0 Å². The first-order valence-electron chi connectivity index (χ1n) is 12.0. The van der Waals surface area contributed by atoms with Crippen LogP contribution in [0.5, 0.6) is 5.75 Å². The van der Waals surface area contributed by atoms with E-state index in [2.05, 4.69) is 106 Å². The molecule has 2 rings (SSSR count). The van der Waals surface area contributed by atoms with Gasteiger partial charge in [0, 0.05) is 22.5 Å². The third-order valence-corrected chi connectivity index (χ3v) is 8.96. The first-order chi connectivity index (χ1) is 14.7. The molecule has 0 radical (unpaired) electrons. The fourth-order valence-electron chi connectivity index (χ4n) is 4.10. The average molecular weight is 454 g/mol. The first kappa shape index (κ1) is 26.6. The number of phenolic OH excluding ortho intramolecular Hbond substituents is 1. The van der Waals surface area contributed by atoms with Gasteiger partial charge in [-0.15, -0.1) is 0 Å². The molecule has 0 aliphatic heterocycles. The number of hydrogen-bond acceptors (Lipinski definition) is 2. The molecule has 0 spiro atoms. The van der Waals surface area contributed by atoms with Crippen molar-refractivity contribution in [2.45, 2.75) is 98.2 Å². The number of hydrogen-bond donors (Lipinski definition) is 1. The zero-order valence-electron chi connectivity index (χ0n) is 21.9. The lowest BCUT2D eigenvalue weighted by Crippen LogP contribution is -2.28. The van der Waals surface area contributed by atoms with Crippen LogP contribution in [0.4, 0.5) is 0 Å². The molecule has 0 amide bonds. The lowest BCUT2D eigenvalue weighted by atomic mass is 9.71. The van der Waals surface area contributed by atoms with Gasteiger partial charge >= 0.3 is 0 Å². The van der Waals surface area contributed by atoms with E-state index in [4.69, 9.17) is 4.99 Å². The molecule has 32 heavy (non-hydrogen) atoms. The van der Waals surface area contributed by atoms with Crippen molar-refractivity contribution in [3.63, 3.8) is 0 Å². The van der Waals surface area contributed by atoms with E-state index in [0.29, 0.717) is 20.2 Å². The summed E-state index contributed by atoms with van der Waals surface area (Å²) in [6, 6.07) is 13.0. The van der Waals surface area contributed by atoms with E-state index >= 15 is 0 Å². The maximum Gasteiger partial charge on any atom is 0.123 e. The van der Waals surface area contributed by atoms with Crippen molar-refractivity contribution >= 4 is 20.1 Å². The van der Waals surface area contributed by atoms with Crippen molar-refractivity contribution in [1.82, 2.24) is 0 Å². The third-order valence-electron chi connectivity index (χ3n) is 7.06. The molecular formula is C29H44NOP. The number of benzene rings is 2. The molecule has 0 bridgehead atoms. The van der Waals surface area contributed by atoms with Gasteiger partial charge in [-0.2, -0.15) is 0 Å². The van der Waals surface area contributed by atoms with Gasteiger partial charge < -0.3 is 5.11 Å². The molecule has 2 nitrogen and oxygen atoms in total. The molecule has 2 aromatic carbocycles. The zero-order valence-corrected chi connectivity index (χ0v) is 22.9. The van der Waals surface area contributed by atoms with Crippen LogP contribution in [0.1, 0.15) is 97.4 Å². The van der Waals surface area contributed by atoms with Crippen LogP contribution in [0.25, 0.3) is 0 Å². The Labute approximate surface area is 198 Å². The van der Waals surface area contributed by atoms with Crippen LogP contribution in [0, 0.1) is 12.8 Å². The summed E-state index contributed by atoms with van der Waals surface area (Å²) < 4.78 is 0. The maximum absolute atomic E-state index is 11.6. The summed E-state index contributed by atoms with van der Waals surface area (Å²) in [7, 11) is 0.534.